The Balaban J connectivity index is 1.87. The number of aromatic nitrogens is 1. The van der Waals surface area contributed by atoms with Gasteiger partial charge in [-0.2, -0.15) is 0 Å². The first kappa shape index (κ1) is 8.86. The van der Waals surface area contributed by atoms with Crippen LogP contribution in [-0.2, 0) is 5.41 Å². The lowest BCUT2D eigenvalue weighted by Gasteiger charge is -2.38. The molecule has 1 aromatic rings. The predicted octanol–water partition coefficient (Wildman–Crippen LogP) is 2.43. The van der Waals surface area contributed by atoms with E-state index in [1.165, 1.54) is 24.3 Å². The summed E-state index contributed by atoms with van der Waals surface area (Å²) in [6.45, 7) is 0.279. The molecule has 0 atom stereocenters. The zero-order valence-corrected chi connectivity index (χ0v) is 9.02. The predicted molar refractivity (Wildman–Crippen MR) is 56.7 cm³/mol. The summed E-state index contributed by atoms with van der Waals surface area (Å²) >= 11 is 1.79. The molecule has 2 saturated carbocycles. The average molecular weight is 209 g/mol. The molecular weight excluding hydrogens is 194 g/mol. The first-order valence-corrected chi connectivity index (χ1v) is 6.29. The van der Waals surface area contributed by atoms with Crippen molar-refractivity contribution in [2.24, 2.45) is 0 Å². The van der Waals surface area contributed by atoms with Crippen LogP contribution in [0.25, 0.3) is 0 Å². The van der Waals surface area contributed by atoms with E-state index in [-0.39, 0.29) is 12.0 Å². The van der Waals surface area contributed by atoms with E-state index in [0.29, 0.717) is 0 Å². The maximum atomic E-state index is 9.42. The van der Waals surface area contributed by atoms with E-state index in [2.05, 4.69) is 5.38 Å². The molecule has 1 aromatic heterocycles. The molecule has 0 amide bonds. The fourth-order valence-corrected chi connectivity index (χ4v) is 3.26. The van der Waals surface area contributed by atoms with Gasteiger partial charge in [-0.1, -0.05) is 6.42 Å². The van der Waals surface area contributed by atoms with Crippen LogP contribution in [-0.4, -0.2) is 16.7 Å². The summed E-state index contributed by atoms with van der Waals surface area (Å²) in [5.74, 6) is 0.754. The van der Waals surface area contributed by atoms with Crippen molar-refractivity contribution in [1.29, 1.82) is 0 Å². The first-order valence-electron chi connectivity index (χ1n) is 5.41. The number of aliphatic hydroxyl groups is 1. The maximum absolute atomic E-state index is 9.42. The van der Waals surface area contributed by atoms with Gasteiger partial charge in [0.1, 0.15) is 0 Å². The van der Waals surface area contributed by atoms with Gasteiger partial charge in [-0.3, -0.25) is 0 Å². The number of rotatable bonds is 3. The van der Waals surface area contributed by atoms with Crippen molar-refractivity contribution in [2.75, 3.05) is 6.61 Å². The molecule has 1 N–H and O–H groups in total. The van der Waals surface area contributed by atoms with Crippen LogP contribution >= 0.6 is 11.3 Å². The minimum absolute atomic E-state index is 0.0453. The van der Waals surface area contributed by atoms with Crippen LogP contribution in [0.3, 0.4) is 0 Å². The Morgan fingerprint density at radius 3 is 2.79 bits per heavy atom. The normalized spacial score (nSPS) is 24.6. The quantitative estimate of drug-likeness (QED) is 0.829. The maximum Gasteiger partial charge on any atom is 0.0959 e. The van der Waals surface area contributed by atoms with Gasteiger partial charge in [-0.25, -0.2) is 4.98 Å². The number of hydrogen-bond acceptors (Lipinski definition) is 3. The molecule has 0 saturated heterocycles. The molecule has 2 fully saturated rings. The van der Waals surface area contributed by atoms with Crippen LogP contribution in [0.4, 0.5) is 0 Å². The molecular formula is C11H15NOS. The van der Waals surface area contributed by atoms with E-state index in [1.807, 2.05) is 0 Å². The molecule has 2 aliphatic rings. The molecule has 3 rings (SSSR count). The molecule has 0 unspecified atom stereocenters. The number of thiazole rings is 1. The molecule has 0 aromatic carbocycles. The topological polar surface area (TPSA) is 33.1 Å². The van der Waals surface area contributed by atoms with Crippen LogP contribution in [0.1, 0.15) is 48.7 Å². The van der Waals surface area contributed by atoms with Gasteiger partial charge in [-0.05, 0) is 25.7 Å². The van der Waals surface area contributed by atoms with Crippen molar-refractivity contribution in [1.82, 2.24) is 4.98 Å². The summed E-state index contributed by atoms with van der Waals surface area (Å²) in [5.41, 5.74) is 1.21. The number of nitrogens with zero attached hydrogens (tertiary/aromatic N) is 1. The van der Waals surface area contributed by atoms with Crippen LogP contribution in [0.5, 0.6) is 0 Å². The van der Waals surface area contributed by atoms with E-state index in [0.717, 1.165) is 24.5 Å². The fraction of sp³-hybridized carbons (Fsp3) is 0.727. The van der Waals surface area contributed by atoms with Crippen molar-refractivity contribution < 1.29 is 5.11 Å². The number of hydrogen-bond donors (Lipinski definition) is 1. The van der Waals surface area contributed by atoms with Gasteiger partial charge >= 0.3 is 0 Å². The van der Waals surface area contributed by atoms with Gasteiger partial charge < -0.3 is 5.11 Å². The minimum atomic E-state index is 0.0453. The van der Waals surface area contributed by atoms with Crippen molar-refractivity contribution in [3.8, 4) is 0 Å². The second-order valence-corrected chi connectivity index (χ2v) is 5.53. The van der Waals surface area contributed by atoms with Crippen LogP contribution in [0.2, 0.25) is 0 Å². The Labute approximate surface area is 88.0 Å². The van der Waals surface area contributed by atoms with Crippen molar-refractivity contribution >= 4 is 11.3 Å². The second kappa shape index (κ2) is 3.04. The Kier molecular flexibility index (Phi) is 1.92. The summed E-state index contributed by atoms with van der Waals surface area (Å²) in [6.07, 6.45) is 6.13. The van der Waals surface area contributed by atoms with E-state index in [4.69, 9.17) is 4.98 Å². The third-order valence-electron chi connectivity index (χ3n) is 3.61. The highest BCUT2D eigenvalue weighted by molar-refractivity contribution is 7.09. The lowest BCUT2D eigenvalue weighted by Crippen LogP contribution is -2.38. The van der Waals surface area contributed by atoms with Crippen molar-refractivity contribution in [2.45, 2.75) is 43.4 Å². The average Bonchev–Trinajstić information content (AvgIpc) is 2.86. The summed E-state index contributed by atoms with van der Waals surface area (Å²) in [6, 6.07) is 0. The Bertz CT molecular complexity index is 333. The van der Waals surface area contributed by atoms with Crippen molar-refractivity contribution in [3.05, 3.63) is 16.1 Å². The summed E-state index contributed by atoms with van der Waals surface area (Å²) < 4.78 is 0. The molecule has 0 radical (unpaired) electrons. The lowest BCUT2D eigenvalue weighted by molar-refractivity contribution is 0.117. The Hall–Kier alpha value is -0.410. The van der Waals surface area contributed by atoms with Crippen LogP contribution in [0.15, 0.2) is 5.38 Å². The largest absolute Gasteiger partial charge is 0.395 e. The highest BCUT2D eigenvalue weighted by atomic mass is 32.1. The zero-order chi connectivity index (χ0) is 9.60. The summed E-state index contributed by atoms with van der Waals surface area (Å²) in [7, 11) is 0. The first-order chi connectivity index (χ1) is 6.84. The third-order valence-corrected chi connectivity index (χ3v) is 4.61. The van der Waals surface area contributed by atoms with E-state index >= 15 is 0 Å². The molecule has 3 heteroatoms. The minimum Gasteiger partial charge on any atom is -0.395 e. The molecule has 0 spiro atoms. The number of aliphatic hydroxyl groups excluding tert-OH is 1. The summed E-state index contributed by atoms with van der Waals surface area (Å²) in [4.78, 5) is 4.70. The van der Waals surface area contributed by atoms with Gasteiger partial charge in [0, 0.05) is 16.7 Å². The molecule has 1 heterocycles. The molecule has 76 valence electrons. The molecule has 0 bridgehead atoms. The third kappa shape index (κ3) is 1.22. The van der Waals surface area contributed by atoms with Crippen molar-refractivity contribution in [3.63, 3.8) is 0 Å². The molecule has 2 aliphatic carbocycles. The van der Waals surface area contributed by atoms with Gasteiger partial charge in [0.15, 0.2) is 0 Å². The monoisotopic (exact) mass is 209 g/mol. The highest BCUT2D eigenvalue weighted by Crippen LogP contribution is 2.46. The van der Waals surface area contributed by atoms with E-state index in [9.17, 15) is 5.11 Å². The molecule has 0 aliphatic heterocycles. The Morgan fingerprint density at radius 2 is 2.29 bits per heavy atom. The van der Waals surface area contributed by atoms with Gasteiger partial charge in [0.25, 0.3) is 0 Å². The highest BCUT2D eigenvalue weighted by Gasteiger charge is 2.41. The van der Waals surface area contributed by atoms with Gasteiger partial charge in [0.05, 0.1) is 17.3 Å². The second-order valence-electron chi connectivity index (χ2n) is 4.64. The molecule has 14 heavy (non-hydrogen) atoms. The van der Waals surface area contributed by atoms with E-state index < -0.39 is 0 Å². The van der Waals surface area contributed by atoms with Crippen LogP contribution < -0.4 is 0 Å². The lowest BCUT2D eigenvalue weighted by atomic mass is 9.67. The smallest absolute Gasteiger partial charge is 0.0959 e. The Morgan fingerprint density at radius 1 is 1.50 bits per heavy atom. The van der Waals surface area contributed by atoms with Crippen LogP contribution in [0, 0.1) is 0 Å². The fourth-order valence-electron chi connectivity index (χ4n) is 2.15. The molecule has 2 nitrogen and oxygen atoms in total. The van der Waals surface area contributed by atoms with Gasteiger partial charge in [0.2, 0.25) is 0 Å². The van der Waals surface area contributed by atoms with E-state index in [1.54, 1.807) is 11.3 Å². The zero-order valence-electron chi connectivity index (χ0n) is 8.20. The van der Waals surface area contributed by atoms with Gasteiger partial charge in [-0.15, -0.1) is 11.3 Å². The SMILES string of the molecule is OCC1(c2csc(C3CC3)n2)CCC1. The standard InChI is InChI=1S/C11H15NOS/c13-7-11(4-1-5-11)9-6-14-10(12-9)8-2-3-8/h6,8,13H,1-5,7H2. The summed E-state index contributed by atoms with van der Waals surface area (Å²) in [5, 5.41) is 12.9.